The summed E-state index contributed by atoms with van der Waals surface area (Å²) in [4.78, 5) is 14.2. The van der Waals surface area contributed by atoms with E-state index in [1.165, 1.54) is 18.2 Å². The van der Waals surface area contributed by atoms with Crippen molar-refractivity contribution in [2.45, 2.75) is 25.7 Å². The molecule has 0 amide bonds. The van der Waals surface area contributed by atoms with Crippen molar-refractivity contribution in [1.29, 1.82) is 0 Å². The van der Waals surface area contributed by atoms with Crippen molar-refractivity contribution < 1.29 is 26.3 Å². The lowest BCUT2D eigenvalue weighted by Crippen LogP contribution is -2.40. The molecule has 24 heavy (non-hydrogen) atoms. The molecule has 1 aromatic carbocycles. The monoisotopic (exact) mass is 352 g/mol. The Labute approximate surface area is 132 Å². The van der Waals surface area contributed by atoms with Crippen molar-refractivity contribution in [2.24, 2.45) is 0 Å². The Kier molecular flexibility index (Phi) is 4.82. The van der Waals surface area contributed by atoms with Crippen LogP contribution < -0.4 is 10.5 Å². The third-order valence-corrected chi connectivity index (χ3v) is 3.40. The highest BCUT2D eigenvalue weighted by Gasteiger charge is 2.37. The Morgan fingerprint density at radius 1 is 1.00 bits per heavy atom. The van der Waals surface area contributed by atoms with Gasteiger partial charge in [0, 0.05) is 22.7 Å². The maximum absolute atomic E-state index is 12.6. The van der Waals surface area contributed by atoms with Crippen LogP contribution in [0.15, 0.2) is 29.1 Å². The fourth-order valence-electron chi connectivity index (χ4n) is 2.47. The number of benzene rings is 1. The van der Waals surface area contributed by atoms with Crippen molar-refractivity contribution >= 4 is 16.6 Å². The zero-order chi connectivity index (χ0) is 18.1. The molecule has 1 heterocycles. The van der Waals surface area contributed by atoms with Crippen LogP contribution in [0.2, 0.25) is 0 Å². The molecule has 0 spiro atoms. The first kappa shape index (κ1) is 18.2. The summed E-state index contributed by atoms with van der Waals surface area (Å²) in [6.45, 7) is -1.70. The maximum atomic E-state index is 12.6. The van der Waals surface area contributed by atoms with Gasteiger partial charge in [-0.15, -0.1) is 0 Å². The van der Waals surface area contributed by atoms with E-state index in [0.29, 0.717) is 22.9 Å². The van der Waals surface area contributed by atoms with E-state index in [1.807, 2.05) is 0 Å². The van der Waals surface area contributed by atoms with Crippen molar-refractivity contribution in [3.8, 4) is 0 Å². The average Bonchev–Trinajstić information content (AvgIpc) is 2.42. The van der Waals surface area contributed by atoms with Crippen molar-refractivity contribution in [1.82, 2.24) is 4.98 Å². The van der Waals surface area contributed by atoms with Crippen molar-refractivity contribution in [3.63, 3.8) is 0 Å². The molecule has 0 atom stereocenters. The molecule has 0 bridgehead atoms. The van der Waals surface area contributed by atoms with Crippen LogP contribution in [-0.4, -0.2) is 30.4 Å². The van der Waals surface area contributed by atoms with Gasteiger partial charge in [-0.25, -0.2) is 0 Å². The molecule has 0 saturated carbocycles. The lowest BCUT2D eigenvalue weighted by atomic mass is 10.1. The van der Waals surface area contributed by atoms with Crippen LogP contribution in [0, 0.1) is 0 Å². The number of rotatable bonds is 4. The topological polar surface area (TPSA) is 36.1 Å². The molecule has 9 heteroatoms. The quantitative estimate of drug-likeness (QED) is 0.844. The first-order valence-electron chi connectivity index (χ1n) is 7.03. The van der Waals surface area contributed by atoms with Gasteiger partial charge in [0.25, 0.3) is 0 Å². The summed E-state index contributed by atoms with van der Waals surface area (Å²) in [5.74, 6) is 0. The summed E-state index contributed by atoms with van der Waals surface area (Å²) in [6.07, 6.45) is -9.14. The molecule has 0 aliphatic carbocycles. The molecular formula is C15H14F6N2O. The average molecular weight is 352 g/mol. The van der Waals surface area contributed by atoms with Gasteiger partial charge < -0.3 is 9.88 Å². The first-order chi connectivity index (χ1) is 11.0. The second-order valence-electron chi connectivity index (χ2n) is 5.33. The molecule has 0 aliphatic heterocycles. The summed E-state index contributed by atoms with van der Waals surface area (Å²) in [7, 11) is 0. The molecular weight excluding hydrogens is 338 g/mol. The lowest BCUT2D eigenvalue weighted by molar-refractivity contribution is -0.137. The van der Waals surface area contributed by atoms with Crippen LogP contribution >= 0.6 is 0 Å². The minimum atomic E-state index is -4.78. The number of alkyl halides is 6. The minimum Gasteiger partial charge on any atom is -0.353 e. The largest absolute Gasteiger partial charge is 0.405 e. The van der Waals surface area contributed by atoms with E-state index >= 15 is 0 Å². The molecule has 2 rings (SSSR count). The van der Waals surface area contributed by atoms with Crippen LogP contribution in [0.1, 0.15) is 12.5 Å². The number of halogens is 6. The summed E-state index contributed by atoms with van der Waals surface area (Å²) in [5.41, 5.74) is 0.324. The van der Waals surface area contributed by atoms with Crippen LogP contribution in [0.3, 0.4) is 0 Å². The molecule has 0 unspecified atom stereocenters. The highest BCUT2D eigenvalue weighted by Crippen LogP contribution is 2.29. The number of fused-ring (bicyclic) bond motifs is 1. The standard InChI is InChI=1S/C15H14F6N2O/c1-2-9-5-13(24)22-12-4-3-10(6-11(9)12)23(7-14(16,17)18)8-15(19,20)21/h3-6H,2,7-8H2,1H3,(H,22,24). The van der Waals surface area contributed by atoms with Gasteiger partial charge in [-0.3, -0.25) is 4.79 Å². The molecule has 0 radical (unpaired) electrons. The van der Waals surface area contributed by atoms with E-state index in [9.17, 15) is 31.1 Å². The van der Waals surface area contributed by atoms with Crippen LogP contribution in [0.4, 0.5) is 32.0 Å². The SMILES string of the molecule is CCc1cc(=O)[nH]c2ccc(N(CC(F)(F)F)CC(F)(F)F)cc12. The van der Waals surface area contributed by atoms with Gasteiger partial charge in [0.1, 0.15) is 13.1 Å². The molecule has 2 aromatic rings. The van der Waals surface area contributed by atoms with Gasteiger partial charge in [-0.2, -0.15) is 26.3 Å². The van der Waals surface area contributed by atoms with Gasteiger partial charge >= 0.3 is 12.4 Å². The van der Waals surface area contributed by atoms with Gasteiger partial charge in [-0.05, 0) is 30.2 Å². The Balaban J connectivity index is 2.53. The molecule has 1 aromatic heterocycles. The first-order valence-corrected chi connectivity index (χ1v) is 7.03. The number of pyridine rings is 1. The van der Waals surface area contributed by atoms with E-state index in [2.05, 4.69) is 4.98 Å². The van der Waals surface area contributed by atoms with E-state index in [4.69, 9.17) is 0 Å². The summed E-state index contributed by atoms with van der Waals surface area (Å²) in [5, 5.41) is 0.420. The Hall–Kier alpha value is -2.19. The number of nitrogens with one attached hydrogen (secondary N) is 1. The van der Waals surface area contributed by atoms with E-state index < -0.39 is 25.4 Å². The third kappa shape index (κ3) is 4.65. The second-order valence-corrected chi connectivity index (χ2v) is 5.33. The number of hydrogen-bond donors (Lipinski definition) is 1. The number of H-pyrrole nitrogens is 1. The predicted molar refractivity (Wildman–Crippen MR) is 78.3 cm³/mol. The summed E-state index contributed by atoms with van der Waals surface area (Å²) >= 11 is 0. The van der Waals surface area contributed by atoms with Gasteiger partial charge in [0.2, 0.25) is 5.56 Å². The molecule has 1 N–H and O–H groups in total. The Morgan fingerprint density at radius 3 is 2.08 bits per heavy atom. The Morgan fingerprint density at radius 2 is 1.58 bits per heavy atom. The summed E-state index contributed by atoms with van der Waals surface area (Å²) in [6, 6.07) is 4.96. The molecule has 3 nitrogen and oxygen atoms in total. The zero-order valence-corrected chi connectivity index (χ0v) is 12.6. The van der Waals surface area contributed by atoms with Gasteiger partial charge in [0.15, 0.2) is 0 Å². The van der Waals surface area contributed by atoms with Crippen molar-refractivity contribution in [3.05, 3.63) is 40.2 Å². The number of nitrogens with zero attached hydrogens (tertiary/aromatic N) is 1. The number of hydrogen-bond acceptors (Lipinski definition) is 2. The number of aromatic nitrogens is 1. The third-order valence-electron chi connectivity index (χ3n) is 3.40. The molecule has 0 fully saturated rings. The van der Waals surface area contributed by atoms with Crippen LogP contribution in [0.25, 0.3) is 10.9 Å². The number of aromatic amines is 1. The fraction of sp³-hybridized carbons (Fsp3) is 0.400. The smallest absolute Gasteiger partial charge is 0.353 e. The molecule has 132 valence electrons. The zero-order valence-electron chi connectivity index (χ0n) is 12.6. The normalized spacial score (nSPS) is 12.6. The van der Waals surface area contributed by atoms with Gasteiger partial charge in [-0.1, -0.05) is 6.92 Å². The van der Waals surface area contributed by atoms with Gasteiger partial charge in [0.05, 0.1) is 0 Å². The van der Waals surface area contributed by atoms with Crippen molar-refractivity contribution in [2.75, 3.05) is 18.0 Å². The van der Waals surface area contributed by atoms with E-state index in [0.717, 1.165) is 6.07 Å². The molecule has 0 saturated heterocycles. The Bertz CT molecular complexity index is 762. The number of anilines is 1. The van der Waals surface area contributed by atoms with E-state index in [1.54, 1.807) is 6.92 Å². The maximum Gasteiger partial charge on any atom is 0.405 e. The minimum absolute atomic E-state index is 0.209. The molecule has 0 aliphatic rings. The number of aryl methyl sites for hydroxylation is 1. The predicted octanol–water partition coefficient (Wildman–Crippen LogP) is 4.02. The fourth-order valence-corrected chi connectivity index (χ4v) is 2.47. The lowest BCUT2D eigenvalue weighted by Gasteiger charge is -2.27. The second kappa shape index (κ2) is 6.37. The highest BCUT2D eigenvalue weighted by atomic mass is 19.4. The summed E-state index contributed by atoms with van der Waals surface area (Å²) < 4.78 is 75.7. The van der Waals surface area contributed by atoms with Crippen LogP contribution in [0.5, 0.6) is 0 Å². The highest BCUT2D eigenvalue weighted by molar-refractivity contribution is 5.85. The van der Waals surface area contributed by atoms with Crippen LogP contribution in [-0.2, 0) is 6.42 Å². The van der Waals surface area contributed by atoms with E-state index in [-0.39, 0.29) is 16.1 Å².